The standard InChI is InChI=1S/C9H19N3O/c10-9(11)7-12-5-2-1-3-8(12)4-6-13/h8,13H,1-7H2,(H3,10,11). The van der Waals surface area contributed by atoms with Gasteiger partial charge >= 0.3 is 0 Å². The van der Waals surface area contributed by atoms with Crippen molar-refractivity contribution in [3.63, 3.8) is 0 Å². The molecule has 4 nitrogen and oxygen atoms in total. The first-order valence-electron chi connectivity index (χ1n) is 4.92. The van der Waals surface area contributed by atoms with Gasteiger partial charge in [0.25, 0.3) is 0 Å². The second kappa shape index (κ2) is 5.19. The zero-order chi connectivity index (χ0) is 9.68. The third-order valence-corrected chi connectivity index (χ3v) is 2.58. The Hall–Kier alpha value is -0.610. The summed E-state index contributed by atoms with van der Waals surface area (Å²) < 4.78 is 0. The van der Waals surface area contributed by atoms with Crippen molar-refractivity contribution in [1.82, 2.24) is 4.90 Å². The summed E-state index contributed by atoms with van der Waals surface area (Å²) in [5, 5.41) is 16.1. The lowest BCUT2D eigenvalue weighted by atomic mass is 10.00. The molecule has 1 aliphatic rings. The number of hydrogen-bond acceptors (Lipinski definition) is 3. The van der Waals surface area contributed by atoms with Crippen molar-refractivity contribution < 1.29 is 5.11 Å². The molecule has 0 radical (unpaired) electrons. The van der Waals surface area contributed by atoms with E-state index in [2.05, 4.69) is 4.90 Å². The zero-order valence-electron chi connectivity index (χ0n) is 8.00. The molecule has 4 N–H and O–H groups in total. The molecule has 0 aromatic rings. The molecule has 0 bridgehead atoms. The average Bonchev–Trinajstić information content (AvgIpc) is 2.08. The summed E-state index contributed by atoms with van der Waals surface area (Å²) in [6.07, 6.45) is 4.37. The van der Waals surface area contributed by atoms with Gasteiger partial charge in [-0.2, -0.15) is 0 Å². The van der Waals surface area contributed by atoms with Gasteiger partial charge in [-0.3, -0.25) is 10.3 Å². The molecule has 0 spiro atoms. The summed E-state index contributed by atoms with van der Waals surface area (Å²) in [7, 11) is 0. The zero-order valence-corrected chi connectivity index (χ0v) is 8.00. The van der Waals surface area contributed by atoms with E-state index in [-0.39, 0.29) is 12.4 Å². The van der Waals surface area contributed by atoms with Crippen molar-refractivity contribution in [2.24, 2.45) is 5.73 Å². The Morgan fingerprint density at radius 3 is 2.92 bits per heavy atom. The third-order valence-electron chi connectivity index (χ3n) is 2.58. The molecule has 0 amide bonds. The Morgan fingerprint density at radius 2 is 2.31 bits per heavy atom. The number of amidine groups is 1. The summed E-state index contributed by atoms with van der Waals surface area (Å²) in [6.45, 7) is 1.81. The monoisotopic (exact) mass is 185 g/mol. The smallest absolute Gasteiger partial charge is 0.105 e. The highest BCUT2D eigenvalue weighted by Gasteiger charge is 2.21. The van der Waals surface area contributed by atoms with Crippen LogP contribution in [-0.4, -0.2) is 41.6 Å². The van der Waals surface area contributed by atoms with E-state index in [1.165, 1.54) is 12.8 Å². The minimum atomic E-state index is 0.227. The van der Waals surface area contributed by atoms with Crippen molar-refractivity contribution in [2.45, 2.75) is 31.7 Å². The van der Waals surface area contributed by atoms with Crippen LogP contribution in [0.5, 0.6) is 0 Å². The normalized spacial score (nSPS) is 24.5. The largest absolute Gasteiger partial charge is 0.396 e. The van der Waals surface area contributed by atoms with E-state index in [0.29, 0.717) is 12.6 Å². The number of nitrogens with zero attached hydrogens (tertiary/aromatic N) is 1. The minimum Gasteiger partial charge on any atom is -0.396 e. The number of likely N-dealkylation sites (tertiary alicyclic amines) is 1. The lowest BCUT2D eigenvalue weighted by Gasteiger charge is -2.34. The number of nitrogens with two attached hydrogens (primary N) is 1. The molecular formula is C9H19N3O. The molecule has 0 saturated carbocycles. The van der Waals surface area contributed by atoms with E-state index >= 15 is 0 Å². The van der Waals surface area contributed by atoms with Gasteiger partial charge in [0.15, 0.2) is 0 Å². The quantitative estimate of drug-likeness (QED) is 0.431. The number of aliphatic hydroxyl groups is 1. The van der Waals surface area contributed by atoms with E-state index in [1.54, 1.807) is 0 Å². The van der Waals surface area contributed by atoms with Crippen LogP contribution in [0.15, 0.2) is 0 Å². The highest BCUT2D eigenvalue weighted by atomic mass is 16.3. The summed E-state index contributed by atoms with van der Waals surface area (Å²) in [5.74, 6) is 0.227. The van der Waals surface area contributed by atoms with E-state index < -0.39 is 0 Å². The molecule has 1 heterocycles. The van der Waals surface area contributed by atoms with Crippen molar-refractivity contribution in [1.29, 1.82) is 5.41 Å². The maximum atomic E-state index is 8.86. The first kappa shape index (κ1) is 10.5. The molecule has 0 aromatic heterocycles. The van der Waals surface area contributed by atoms with Gasteiger partial charge in [-0.1, -0.05) is 6.42 Å². The highest BCUT2D eigenvalue weighted by Crippen LogP contribution is 2.18. The van der Waals surface area contributed by atoms with Crippen molar-refractivity contribution in [2.75, 3.05) is 19.7 Å². The second-order valence-electron chi connectivity index (χ2n) is 3.66. The number of nitrogens with one attached hydrogen (secondary N) is 1. The summed E-state index contributed by atoms with van der Waals surface area (Å²) in [5.41, 5.74) is 5.36. The first-order valence-corrected chi connectivity index (χ1v) is 4.92. The van der Waals surface area contributed by atoms with Crippen LogP contribution in [0, 0.1) is 5.41 Å². The Balaban J connectivity index is 2.41. The van der Waals surface area contributed by atoms with Crippen LogP contribution in [-0.2, 0) is 0 Å². The van der Waals surface area contributed by atoms with E-state index in [4.69, 9.17) is 16.2 Å². The van der Waals surface area contributed by atoms with Gasteiger partial charge in [0.1, 0.15) is 5.84 Å². The fraction of sp³-hybridized carbons (Fsp3) is 0.889. The average molecular weight is 185 g/mol. The van der Waals surface area contributed by atoms with Crippen LogP contribution in [0.1, 0.15) is 25.7 Å². The molecule has 1 fully saturated rings. The number of hydrogen-bond donors (Lipinski definition) is 3. The van der Waals surface area contributed by atoms with Crippen LogP contribution in [0.2, 0.25) is 0 Å². The molecule has 0 aromatic carbocycles. The molecule has 4 heteroatoms. The number of aliphatic hydroxyl groups excluding tert-OH is 1. The predicted octanol–water partition coefficient (Wildman–Crippen LogP) is 0.159. The van der Waals surface area contributed by atoms with Crippen LogP contribution < -0.4 is 5.73 Å². The molecule has 1 saturated heterocycles. The van der Waals surface area contributed by atoms with Crippen LogP contribution in [0.25, 0.3) is 0 Å². The van der Waals surface area contributed by atoms with Crippen molar-refractivity contribution in [3.05, 3.63) is 0 Å². The molecule has 1 atom stereocenters. The fourth-order valence-corrected chi connectivity index (χ4v) is 1.96. The van der Waals surface area contributed by atoms with Gasteiger partial charge in [-0.25, -0.2) is 0 Å². The Bertz CT molecular complexity index is 170. The van der Waals surface area contributed by atoms with Gasteiger partial charge in [-0.05, 0) is 25.8 Å². The minimum absolute atomic E-state index is 0.227. The molecule has 1 rings (SSSR count). The van der Waals surface area contributed by atoms with Crippen LogP contribution >= 0.6 is 0 Å². The van der Waals surface area contributed by atoms with E-state index in [0.717, 1.165) is 19.4 Å². The Kier molecular flexibility index (Phi) is 4.18. The first-order chi connectivity index (χ1) is 6.24. The summed E-state index contributed by atoms with van der Waals surface area (Å²) in [6, 6.07) is 0.433. The Labute approximate surface area is 79.2 Å². The van der Waals surface area contributed by atoms with Gasteiger partial charge in [0.2, 0.25) is 0 Å². The third kappa shape index (κ3) is 3.32. The van der Waals surface area contributed by atoms with E-state index in [9.17, 15) is 0 Å². The molecule has 1 unspecified atom stereocenters. The van der Waals surface area contributed by atoms with E-state index in [1.807, 2.05) is 0 Å². The predicted molar refractivity (Wildman–Crippen MR) is 52.8 cm³/mol. The van der Waals surface area contributed by atoms with Gasteiger partial charge in [-0.15, -0.1) is 0 Å². The molecule has 0 aliphatic carbocycles. The fourth-order valence-electron chi connectivity index (χ4n) is 1.96. The summed E-state index contributed by atoms with van der Waals surface area (Å²) >= 11 is 0. The number of rotatable bonds is 4. The van der Waals surface area contributed by atoms with Crippen molar-refractivity contribution in [3.8, 4) is 0 Å². The van der Waals surface area contributed by atoms with Crippen LogP contribution in [0.4, 0.5) is 0 Å². The molecule has 76 valence electrons. The number of piperidine rings is 1. The topological polar surface area (TPSA) is 73.3 Å². The molecular weight excluding hydrogens is 166 g/mol. The maximum Gasteiger partial charge on any atom is 0.105 e. The lowest BCUT2D eigenvalue weighted by Crippen LogP contribution is -2.44. The molecule has 13 heavy (non-hydrogen) atoms. The summed E-state index contributed by atoms with van der Waals surface area (Å²) in [4.78, 5) is 2.21. The molecule has 1 aliphatic heterocycles. The Morgan fingerprint density at radius 1 is 1.54 bits per heavy atom. The maximum absolute atomic E-state index is 8.86. The SMILES string of the molecule is N=C(N)CN1CCCCC1CCO. The highest BCUT2D eigenvalue weighted by molar-refractivity contribution is 5.78. The van der Waals surface area contributed by atoms with Gasteiger partial charge in [0, 0.05) is 12.6 Å². The van der Waals surface area contributed by atoms with Gasteiger partial charge in [0.05, 0.1) is 6.54 Å². The second-order valence-corrected chi connectivity index (χ2v) is 3.66. The lowest BCUT2D eigenvalue weighted by molar-refractivity contribution is 0.135. The van der Waals surface area contributed by atoms with Gasteiger partial charge < -0.3 is 10.8 Å². The van der Waals surface area contributed by atoms with Crippen LogP contribution in [0.3, 0.4) is 0 Å². The van der Waals surface area contributed by atoms with Crippen molar-refractivity contribution >= 4 is 5.84 Å².